The molecule has 0 bridgehead atoms. The summed E-state index contributed by atoms with van der Waals surface area (Å²) in [6.45, 7) is 0. The van der Waals surface area contributed by atoms with Crippen molar-refractivity contribution in [1.29, 1.82) is 5.26 Å². The van der Waals surface area contributed by atoms with Crippen molar-refractivity contribution in [2.45, 2.75) is 0 Å². The highest BCUT2D eigenvalue weighted by Gasteiger charge is 2.08. The van der Waals surface area contributed by atoms with E-state index < -0.39 is 4.92 Å². The average Bonchev–Trinajstić information content (AvgIpc) is 2.39. The van der Waals surface area contributed by atoms with Gasteiger partial charge in [-0.15, -0.1) is 0 Å². The number of non-ortho nitro benzene ring substituents is 1. The number of hydrogen-bond acceptors (Lipinski definition) is 4. The minimum atomic E-state index is -0.452. The zero-order chi connectivity index (χ0) is 13.1. The first-order valence-electron chi connectivity index (χ1n) is 5.16. The average molecular weight is 239 g/mol. The van der Waals surface area contributed by atoms with Crippen LogP contribution in [-0.2, 0) is 0 Å². The molecule has 0 heterocycles. The summed E-state index contributed by atoms with van der Waals surface area (Å²) in [7, 11) is 0. The zero-order valence-corrected chi connectivity index (χ0v) is 9.33. The first-order valence-corrected chi connectivity index (χ1v) is 5.16. The van der Waals surface area contributed by atoms with Gasteiger partial charge in [-0.3, -0.25) is 10.1 Å². The fourth-order valence-electron chi connectivity index (χ4n) is 1.63. The SMILES string of the molecule is N#Cc1cc(-c2cccc([N+](=O)[O-])c2)ccc1N. The Bertz CT molecular complexity index is 660. The Morgan fingerprint density at radius 2 is 1.89 bits per heavy atom. The van der Waals surface area contributed by atoms with Crippen molar-refractivity contribution in [3.63, 3.8) is 0 Å². The molecule has 5 heteroatoms. The number of nitrogens with zero attached hydrogens (tertiary/aromatic N) is 2. The molecule has 0 aromatic heterocycles. The molecule has 0 radical (unpaired) electrons. The van der Waals surface area contributed by atoms with Crippen LogP contribution in [0.4, 0.5) is 11.4 Å². The van der Waals surface area contributed by atoms with Gasteiger partial charge in [-0.25, -0.2) is 0 Å². The summed E-state index contributed by atoms with van der Waals surface area (Å²) in [5.41, 5.74) is 7.80. The topological polar surface area (TPSA) is 92.9 Å². The molecule has 0 aliphatic rings. The first-order chi connectivity index (χ1) is 8.61. The monoisotopic (exact) mass is 239 g/mol. The van der Waals surface area contributed by atoms with Crippen LogP contribution in [0.1, 0.15) is 5.56 Å². The second-order valence-corrected chi connectivity index (χ2v) is 3.72. The van der Waals surface area contributed by atoms with Crippen LogP contribution in [0.25, 0.3) is 11.1 Å². The minimum absolute atomic E-state index is 0.0165. The Balaban J connectivity index is 2.52. The number of nitro groups is 1. The largest absolute Gasteiger partial charge is 0.398 e. The summed E-state index contributed by atoms with van der Waals surface area (Å²) in [5.74, 6) is 0. The number of nitriles is 1. The van der Waals surface area contributed by atoms with Gasteiger partial charge in [-0.2, -0.15) is 5.26 Å². The highest BCUT2D eigenvalue weighted by atomic mass is 16.6. The van der Waals surface area contributed by atoms with Crippen LogP contribution in [0.5, 0.6) is 0 Å². The molecule has 5 nitrogen and oxygen atoms in total. The predicted octanol–water partition coefficient (Wildman–Crippen LogP) is 2.72. The van der Waals surface area contributed by atoms with E-state index in [1.807, 2.05) is 6.07 Å². The lowest BCUT2D eigenvalue weighted by atomic mass is 10.0. The molecular weight excluding hydrogens is 230 g/mol. The third-order valence-electron chi connectivity index (χ3n) is 2.56. The number of hydrogen-bond donors (Lipinski definition) is 1. The number of anilines is 1. The molecule has 0 unspecified atom stereocenters. The van der Waals surface area contributed by atoms with Crippen molar-refractivity contribution >= 4 is 11.4 Å². The number of benzene rings is 2. The van der Waals surface area contributed by atoms with Crippen LogP contribution in [0.2, 0.25) is 0 Å². The molecule has 0 amide bonds. The molecule has 2 rings (SSSR count). The number of nitro benzene ring substituents is 1. The van der Waals surface area contributed by atoms with E-state index in [4.69, 9.17) is 11.0 Å². The van der Waals surface area contributed by atoms with E-state index in [0.717, 1.165) is 5.56 Å². The lowest BCUT2D eigenvalue weighted by Crippen LogP contribution is -1.91. The number of rotatable bonds is 2. The van der Waals surface area contributed by atoms with Gasteiger partial charge in [0.05, 0.1) is 10.5 Å². The Labute approximate surface area is 103 Å². The lowest BCUT2D eigenvalue weighted by molar-refractivity contribution is -0.384. The molecule has 0 aliphatic carbocycles. The molecule has 18 heavy (non-hydrogen) atoms. The lowest BCUT2D eigenvalue weighted by Gasteiger charge is -2.04. The molecule has 0 saturated heterocycles. The van der Waals surface area contributed by atoms with Gasteiger partial charge in [-0.05, 0) is 23.3 Å². The summed E-state index contributed by atoms with van der Waals surface area (Å²) in [6, 6.07) is 13.2. The fraction of sp³-hybridized carbons (Fsp3) is 0. The van der Waals surface area contributed by atoms with Gasteiger partial charge in [-0.1, -0.05) is 18.2 Å². The molecule has 2 aromatic rings. The summed E-state index contributed by atoms with van der Waals surface area (Å²) in [5, 5.41) is 19.6. The van der Waals surface area contributed by atoms with Gasteiger partial charge in [0.25, 0.3) is 5.69 Å². The Morgan fingerprint density at radius 1 is 1.17 bits per heavy atom. The van der Waals surface area contributed by atoms with E-state index in [2.05, 4.69) is 0 Å². The highest BCUT2D eigenvalue weighted by Crippen LogP contribution is 2.26. The van der Waals surface area contributed by atoms with E-state index in [0.29, 0.717) is 16.8 Å². The molecule has 2 N–H and O–H groups in total. The van der Waals surface area contributed by atoms with Gasteiger partial charge >= 0.3 is 0 Å². The van der Waals surface area contributed by atoms with E-state index in [9.17, 15) is 10.1 Å². The molecule has 2 aromatic carbocycles. The van der Waals surface area contributed by atoms with Crippen LogP contribution < -0.4 is 5.73 Å². The summed E-state index contributed by atoms with van der Waals surface area (Å²) in [4.78, 5) is 10.2. The Hall–Kier alpha value is -2.87. The van der Waals surface area contributed by atoms with Crippen LogP contribution >= 0.6 is 0 Å². The standard InChI is InChI=1S/C13H9N3O2/c14-8-11-6-10(4-5-13(11)15)9-2-1-3-12(7-9)16(17)18/h1-7H,15H2. The van der Waals surface area contributed by atoms with Crippen molar-refractivity contribution < 1.29 is 4.92 Å². The molecule has 0 saturated carbocycles. The van der Waals surface area contributed by atoms with E-state index in [1.54, 1.807) is 30.3 Å². The summed E-state index contributed by atoms with van der Waals surface area (Å²) in [6.07, 6.45) is 0. The van der Waals surface area contributed by atoms with Crippen LogP contribution in [-0.4, -0.2) is 4.92 Å². The maximum absolute atomic E-state index is 10.7. The predicted molar refractivity (Wildman–Crippen MR) is 67.7 cm³/mol. The molecule has 0 spiro atoms. The van der Waals surface area contributed by atoms with Gasteiger partial charge in [0.1, 0.15) is 6.07 Å². The molecule has 88 valence electrons. The van der Waals surface area contributed by atoms with Gasteiger partial charge in [0.2, 0.25) is 0 Å². The quantitative estimate of drug-likeness (QED) is 0.495. The highest BCUT2D eigenvalue weighted by molar-refractivity contribution is 5.71. The third-order valence-corrected chi connectivity index (χ3v) is 2.56. The second kappa shape index (κ2) is 4.55. The van der Waals surface area contributed by atoms with Gasteiger partial charge in [0, 0.05) is 17.8 Å². The van der Waals surface area contributed by atoms with Crippen molar-refractivity contribution in [1.82, 2.24) is 0 Å². The van der Waals surface area contributed by atoms with Crippen LogP contribution in [0.15, 0.2) is 42.5 Å². The molecule has 0 aliphatic heterocycles. The smallest absolute Gasteiger partial charge is 0.270 e. The fourth-order valence-corrected chi connectivity index (χ4v) is 1.63. The number of nitrogens with two attached hydrogens (primary N) is 1. The summed E-state index contributed by atoms with van der Waals surface area (Å²) < 4.78 is 0. The third kappa shape index (κ3) is 2.13. The van der Waals surface area contributed by atoms with Gasteiger partial charge < -0.3 is 5.73 Å². The van der Waals surface area contributed by atoms with Crippen LogP contribution in [0, 0.1) is 21.4 Å². The van der Waals surface area contributed by atoms with Gasteiger partial charge in [0.15, 0.2) is 0 Å². The van der Waals surface area contributed by atoms with Crippen molar-refractivity contribution in [2.24, 2.45) is 0 Å². The Morgan fingerprint density at radius 3 is 2.56 bits per heavy atom. The maximum Gasteiger partial charge on any atom is 0.270 e. The van der Waals surface area contributed by atoms with E-state index >= 15 is 0 Å². The van der Waals surface area contributed by atoms with Crippen molar-refractivity contribution in [3.8, 4) is 17.2 Å². The number of nitrogen functional groups attached to an aromatic ring is 1. The van der Waals surface area contributed by atoms with E-state index in [1.165, 1.54) is 12.1 Å². The molecular formula is C13H9N3O2. The zero-order valence-electron chi connectivity index (χ0n) is 9.33. The van der Waals surface area contributed by atoms with Crippen molar-refractivity contribution in [3.05, 3.63) is 58.1 Å². The summed E-state index contributed by atoms with van der Waals surface area (Å²) >= 11 is 0. The minimum Gasteiger partial charge on any atom is -0.398 e. The maximum atomic E-state index is 10.7. The molecule has 0 fully saturated rings. The van der Waals surface area contributed by atoms with Crippen molar-refractivity contribution in [2.75, 3.05) is 5.73 Å². The second-order valence-electron chi connectivity index (χ2n) is 3.72. The Kier molecular flexibility index (Phi) is 2.94. The normalized spacial score (nSPS) is 9.72. The van der Waals surface area contributed by atoms with E-state index in [-0.39, 0.29) is 5.69 Å². The molecule has 0 atom stereocenters. The van der Waals surface area contributed by atoms with Crippen LogP contribution in [0.3, 0.4) is 0 Å². The first kappa shape index (κ1) is 11.6.